The van der Waals surface area contributed by atoms with Gasteiger partial charge in [0, 0.05) is 44.5 Å². The Morgan fingerprint density at radius 3 is 2.63 bits per heavy atom. The van der Waals surface area contributed by atoms with E-state index in [1.807, 2.05) is 49.6 Å². The summed E-state index contributed by atoms with van der Waals surface area (Å²) in [5.41, 5.74) is 9.03. The van der Waals surface area contributed by atoms with Gasteiger partial charge >= 0.3 is 0 Å². The molecule has 1 unspecified atom stereocenters. The van der Waals surface area contributed by atoms with Crippen LogP contribution in [0, 0.1) is 17.9 Å². The smallest absolute Gasteiger partial charge is 0.235 e. The molecule has 2 aromatic heterocycles. The number of nitrogens with zero attached hydrogens (tertiary/aromatic N) is 6. The highest BCUT2D eigenvalue weighted by molar-refractivity contribution is 8.00. The zero-order valence-electron chi connectivity index (χ0n) is 19.4. The zero-order chi connectivity index (χ0) is 24.8. The van der Waals surface area contributed by atoms with Crippen LogP contribution >= 0.6 is 11.8 Å². The number of anilines is 1. The van der Waals surface area contributed by atoms with E-state index in [-0.39, 0.29) is 0 Å². The van der Waals surface area contributed by atoms with E-state index >= 15 is 0 Å². The topological polar surface area (TPSA) is 119 Å². The number of hydrogen-bond acceptors (Lipinski definition) is 7. The van der Waals surface area contributed by atoms with Crippen molar-refractivity contribution in [2.45, 2.75) is 30.2 Å². The molecule has 3 heterocycles. The lowest BCUT2D eigenvalue weighted by atomic mass is 10.1. The van der Waals surface area contributed by atoms with Gasteiger partial charge in [-0.15, -0.1) is 0 Å². The van der Waals surface area contributed by atoms with Crippen LogP contribution in [0.2, 0.25) is 0 Å². The molecule has 4 rings (SSSR count). The lowest BCUT2D eigenvalue weighted by Gasteiger charge is -2.36. The summed E-state index contributed by atoms with van der Waals surface area (Å²) in [7, 11) is 0. The number of piperazine rings is 1. The average Bonchev–Trinajstić information content (AvgIpc) is 3.40. The van der Waals surface area contributed by atoms with E-state index in [2.05, 4.69) is 30.9 Å². The molecule has 0 saturated carbocycles. The van der Waals surface area contributed by atoms with E-state index in [0.29, 0.717) is 47.2 Å². The maximum atomic E-state index is 12.4. The molecular weight excluding hydrogens is 460 g/mol. The van der Waals surface area contributed by atoms with Gasteiger partial charge in [0.2, 0.25) is 11.6 Å². The number of benzene rings is 1. The first kappa shape index (κ1) is 24.3. The third-order valence-electron chi connectivity index (χ3n) is 6.02. The summed E-state index contributed by atoms with van der Waals surface area (Å²) in [5, 5.41) is 16.6. The van der Waals surface area contributed by atoms with Crippen molar-refractivity contribution in [3.8, 4) is 6.07 Å². The lowest BCUT2D eigenvalue weighted by Crippen LogP contribution is -2.46. The highest BCUT2D eigenvalue weighted by atomic mass is 32.2. The van der Waals surface area contributed by atoms with Gasteiger partial charge in [-0.1, -0.05) is 49.0 Å². The number of carbonyl (C=O) groups excluding carboxylic acids is 1. The second kappa shape index (κ2) is 11.0. The van der Waals surface area contributed by atoms with Gasteiger partial charge in [-0.3, -0.25) is 14.8 Å². The molecule has 1 aromatic carbocycles. The number of aromatic amines is 1. The van der Waals surface area contributed by atoms with Gasteiger partial charge in [-0.05, 0) is 17.5 Å². The number of H-pyrrole nitrogens is 1. The molecule has 0 bridgehead atoms. The quantitative estimate of drug-likeness (QED) is 0.370. The van der Waals surface area contributed by atoms with Gasteiger partial charge in [-0.25, -0.2) is 9.83 Å². The summed E-state index contributed by atoms with van der Waals surface area (Å²) >= 11 is 1.17. The summed E-state index contributed by atoms with van der Waals surface area (Å²) in [5.74, 6) is 0.0613. The Labute approximate surface area is 208 Å². The molecule has 0 radical (unpaired) electrons. The molecule has 1 amide bonds. The molecule has 3 N–H and O–H groups in total. The molecule has 1 fully saturated rings. The molecule has 178 valence electrons. The third-order valence-corrected chi connectivity index (χ3v) is 7.28. The molecule has 9 nitrogen and oxygen atoms in total. The fraction of sp³-hybridized carbons (Fsp3) is 0.320. The van der Waals surface area contributed by atoms with Crippen LogP contribution in [0.5, 0.6) is 0 Å². The number of carbonyl (C=O) groups is 1. The van der Waals surface area contributed by atoms with Crippen LogP contribution in [0.25, 0.3) is 4.85 Å². The van der Waals surface area contributed by atoms with Crippen LogP contribution in [0.3, 0.4) is 0 Å². The largest absolute Gasteiger partial charge is 0.368 e. The Hall–Kier alpha value is -3.86. The minimum Gasteiger partial charge on any atom is -0.368 e. The molecule has 0 spiro atoms. The first-order valence-corrected chi connectivity index (χ1v) is 12.2. The average molecular weight is 487 g/mol. The lowest BCUT2D eigenvalue weighted by molar-refractivity contribution is -0.117. The van der Waals surface area contributed by atoms with E-state index in [0.717, 1.165) is 30.8 Å². The third kappa shape index (κ3) is 5.29. The van der Waals surface area contributed by atoms with Crippen molar-refractivity contribution in [1.29, 1.82) is 5.26 Å². The molecular formula is C25H26N8OS. The van der Waals surface area contributed by atoms with Crippen molar-refractivity contribution >= 4 is 29.2 Å². The van der Waals surface area contributed by atoms with Gasteiger partial charge in [0.15, 0.2) is 0 Å². The minimum atomic E-state index is -0.695. The van der Waals surface area contributed by atoms with Gasteiger partial charge < -0.3 is 10.6 Å². The van der Waals surface area contributed by atoms with Crippen LogP contribution in [0.4, 0.5) is 11.5 Å². The number of aromatic nitrogens is 3. The number of rotatable bonds is 8. The van der Waals surface area contributed by atoms with Gasteiger partial charge in [-0.2, -0.15) is 10.4 Å². The van der Waals surface area contributed by atoms with Crippen molar-refractivity contribution in [2.24, 2.45) is 5.73 Å². The summed E-state index contributed by atoms with van der Waals surface area (Å²) in [6, 6.07) is 11.5. The van der Waals surface area contributed by atoms with Crippen LogP contribution in [0.15, 0.2) is 47.8 Å². The molecule has 1 atom stereocenters. The minimum absolute atomic E-state index is 0.341. The molecule has 1 saturated heterocycles. The van der Waals surface area contributed by atoms with E-state index in [1.165, 1.54) is 11.8 Å². The number of thioether (sulfide) groups is 1. The maximum absolute atomic E-state index is 12.4. The van der Waals surface area contributed by atoms with Crippen LogP contribution in [-0.2, 0) is 17.8 Å². The Morgan fingerprint density at radius 1 is 1.31 bits per heavy atom. The van der Waals surface area contributed by atoms with Gasteiger partial charge in [0.05, 0.1) is 18.3 Å². The molecule has 35 heavy (non-hydrogen) atoms. The SMILES string of the molecule is [C-]#[N+]c1c(N2CCN(Cc3cn[nH]c3)CC2)nc(SC(C(N)=O)c2ccccc2)c(C#N)c1CC. The summed E-state index contributed by atoms with van der Waals surface area (Å²) in [4.78, 5) is 25.4. The molecule has 1 aliphatic heterocycles. The first-order chi connectivity index (χ1) is 17.0. The highest BCUT2D eigenvalue weighted by Crippen LogP contribution is 2.42. The Kier molecular flexibility index (Phi) is 7.66. The Balaban J connectivity index is 1.66. The number of amides is 1. The van der Waals surface area contributed by atoms with E-state index in [4.69, 9.17) is 17.3 Å². The van der Waals surface area contributed by atoms with Crippen molar-refractivity contribution in [3.63, 3.8) is 0 Å². The van der Waals surface area contributed by atoms with Crippen LogP contribution in [-0.4, -0.2) is 52.2 Å². The predicted octanol–water partition coefficient (Wildman–Crippen LogP) is 3.43. The number of primary amides is 1. The Morgan fingerprint density at radius 2 is 2.06 bits per heavy atom. The van der Waals surface area contributed by atoms with Crippen molar-refractivity contribution < 1.29 is 4.79 Å². The second-order valence-electron chi connectivity index (χ2n) is 8.20. The van der Waals surface area contributed by atoms with Crippen LogP contribution < -0.4 is 10.6 Å². The normalized spacial score (nSPS) is 14.8. The summed E-state index contributed by atoms with van der Waals surface area (Å²) < 4.78 is 0. The van der Waals surface area contributed by atoms with E-state index in [1.54, 1.807) is 0 Å². The van der Waals surface area contributed by atoms with Gasteiger partial charge in [0.1, 0.15) is 22.2 Å². The molecule has 10 heteroatoms. The predicted molar refractivity (Wildman–Crippen MR) is 135 cm³/mol. The second-order valence-corrected chi connectivity index (χ2v) is 9.29. The maximum Gasteiger partial charge on any atom is 0.235 e. The fourth-order valence-corrected chi connectivity index (χ4v) is 5.30. The van der Waals surface area contributed by atoms with Crippen molar-refractivity contribution in [3.05, 3.63) is 76.4 Å². The van der Waals surface area contributed by atoms with E-state index < -0.39 is 11.2 Å². The number of pyridine rings is 1. The number of nitriles is 1. The molecule has 3 aromatic rings. The zero-order valence-corrected chi connectivity index (χ0v) is 20.3. The van der Waals surface area contributed by atoms with Crippen LogP contribution in [0.1, 0.15) is 34.4 Å². The highest BCUT2D eigenvalue weighted by Gasteiger charge is 2.28. The Bertz CT molecular complexity index is 1260. The standard InChI is InChI=1S/C25H26N8OS/c1-3-19-20(13-26)25(35-22(23(27)34)18-7-5-4-6-8-18)31-24(21(19)28-2)33-11-9-32(10-12-33)16-17-14-29-30-15-17/h4-8,14-15,22H,3,9-12,16H2,1H3,(H2,27,34)(H,29,30). The summed E-state index contributed by atoms with van der Waals surface area (Å²) in [6.07, 6.45) is 4.23. The van der Waals surface area contributed by atoms with Crippen molar-refractivity contribution in [1.82, 2.24) is 20.1 Å². The molecule has 0 aliphatic carbocycles. The number of nitrogens with two attached hydrogens (primary N) is 1. The monoisotopic (exact) mass is 486 g/mol. The number of hydrogen-bond donors (Lipinski definition) is 2. The molecule has 1 aliphatic rings. The number of nitrogens with one attached hydrogen (secondary N) is 1. The first-order valence-electron chi connectivity index (χ1n) is 11.4. The summed E-state index contributed by atoms with van der Waals surface area (Å²) in [6.45, 7) is 13.6. The van der Waals surface area contributed by atoms with Gasteiger partial charge in [0.25, 0.3) is 0 Å². The fourth-order valence-electron chi connectivity index (χ4n) is 4.24. The van der Waals surface area contributed by atoms with E-state index in [9.17, 15) is 10.1 Å². The van der Waals surface area contributed by atoms with Crippen molar-refractivity contribution in [2.75, 3.05) is 31.1 Å².